The summed E-state index contributed by atoms with van der Waals surface area (Å²) in [4.78, 5) is 10.2. The zero-order valence-electron chi connectivity index (χ0n) is 19.7. The van der Waals surface area contributed by atoms with Crippen molar-refractivity contribution in [2.24, 2.45) is 0 Å². The summed E-state index contributed by atoms with van der Waals surface area (Å²) in [5.41, 5.74) is 0.676. The first-order valence-electron chi connectivity index (χ1n) is 11.2. The van der Waals surface area contributed by atoms with E-state index in [2.05, 4.69) is 0 Å². The molecule has 4 aromatic rings. The van der Waals surface area contributed by atoms with E-state index >= 15 is 0 Å². The molecule has 12 heteroatoms. The summed E-state index contributed by atoms with van der Waals surface area (Å²) in [6.07, 6.45) is -6.32. The van der Waals surface area contributed by atoms with Crippen LogP contribution in [0.2, 0.25) is 0 Å². The molecule has 0 radical (unpaired) electrons. The van der Waals surface area contributed by atoms with Crippen molar-refractivity contribution in [3.8, 4) is 34.3 Å². The van der Waals surface area contributed by atoms with Gasteiger partial charge in [0.05, 0.1) is 44.6 Å². The quantitative estimate of drug-likeness (QED) is 0.227. The van der Waals surface area contributed by atoms with E-state index in [4.69, 9.17) is 27.8 Å². The van der Waals surface area contributed by atoms with Crippen LogP contribution >= 0.6 is 0 Å². The zero-order valence-corrected chi connectivity index (χ0v) is 19.7. The third-order valence-electron chi connectivity index (χ3n) is 6.24. The van der Waals surface area contributed by atoms with Gasteiger partial charge in [0.2, 0.25) is 12.0 Å². The highest BCUT2D eigenvalue weighted by molar-refractivity contribution is 6.09. The minimum absolute atomic E-state index is 0.0260. The van der Waals surface area contributed by atoms with Crippen molar-refractivity contribution in [3.63, 3.8) is 0 Å². The maximum absolute atomic E-state index is 10.6. The van der Waals surface area contributed by atoms with Crippen molar-refractivity contribution in [2.75, 3.05) is 20.8 Å². The van der Waals surface area contributed by atoms with Gasteiger partial charge in [-0.05, 0) is 18.2 Å². The third-order valence-corrected chi connectivity index (χ3v) is 6.24. The van der Waals surface area contributed by atoms with Gasteiger partial charge in [-0.3, -0.25) is 4.79 Å². The van der Waals surface area contributed by atoms with E-state index in [1.165, 1.54) is 44.7 Å². The molecule has 196 valence electrons. The number of hydrogen-bond acceptors (Lipinski definition) is 11. The lowest BCUT2D eigenvalue weighted by Gasteiger charge is -2.39. The lowest BCUT2D eigenvalue weighted by molar-refractivity contribution is -0.277. The molecule has 2 aromatic carbocycles. The molecule has 1 aliphatic rings. The Labute approximate surface area is 208 Å². The van der Waals surface area contributed by atoms with Crippen molar-refractivity contribution < 1.29 is 58.1 Å². The van der Waals surface area contributed by atoms with E-state index < -0.39 is 37.3 Å². The first-order valence-corrected chi connectivity index (χ1v) is 11.2. The average Bonchev–Trinajstić information content (AvgIpc) is 2.90. The summed E-state index contributed by atoms with van der Waals surface area (Å²) in [5.74, 6) is -0.0436. The number of methoxy groups -OCH3 is 2. The lowest BCUT2D eigenvalue weighted by Crippen LogP contribution is -2.60. The van der Waals surface area contributed by atoms with Crippen LogP contribution in [0.15, 0.2) is 45.4 Å². The van der Waals surface area contributed by atoms with Gasteiger partial charge in [0.15, 0.2) is 23.0 Å². The first-order chi connectivity index (χ1) is 17.8. The average molecular weight is 517 g/mol. The van der Waals surface area contributed by atoms with Crippen LogP contribution in [0, 0.1) is 0 Å². The van der Waals surface area contributed by atoms with Crippen LogP contribution in [0.25, 0.3) is 33.3 Å². The maximum Gasteiger partial charge on any atom is 0.347 e. The number of aliphatic hydroxyl groups is 4. The molecule has 0 amide bonds. The normalized spacial score (nSPS) is 23.9. The molecule has 37 heavy (non-hydrogen) atoms. The fourth-order valence-electron chi connectivity index (χ4n) is 4.35. The summed E-state index contributed by atoms with van der Waals surface area (Å²) < 4.78 is 33.8. The summed E-state index contributed by atoms with van der Waals surface area (Å²) >= 11 is 0. The Morgan fingerprint density at radius 1 is 0.946 bits per heavy atom. The fraction of sp³-hybridized carbons (Fsp3) is 0.320. The monoisotopic (exact) mass is 517 g/mol. The Bertz CT molecular complexity index is 1480. The fourth-order valence-corrected chi connectivity index (χ4v) is 4.35. The van der Waals surface area contributed by atoms with E-state index in [9.17, 15) is 30.3 Å². The number of rotatable bonds is 6. The van der Waals surface area contributed by atoms with Crippen LogP contribution in [0.5, 0.6) is 23.0 Å². The Hall–Kier alpha value is -3.81. The molecule has 1 saturated heterocycles. The van der Waals surface area contributed by atoms with Gasteiger partial charge >= 0.3 is 5.43 Å². The number of aromatic hydroxyl groups is 1. The standard InChI is InChI=1S/C25H24O12/c1-32-15-5-10(6-16(33-2)19(15)28)23-24(37-25-22(31)21(30)20(29)17(9-26)36-25)12-3-4-34-13-7-11(27)8-14(35-23)18(12)13/h3-8,17,20-22,25-26,28-31H,9H2,1-2H3/p+1. The molecule has 5 atom stereocenters. The van der Waals surface area contributed by atoms with Gasteiger partial charge in [-0.2, -0.15) is 0 Å². The Morgan fingerprint density at radius 3 is 2.27 bits per heavy atom. The molecule has 1 fully saturated rings. The summed E-state index contributed by atoms with van der Waals surface area (Å²) in [5, 5.41) is 51.8. The zero-order chi connectivity index (χ0) is 26.4. The van der Waals surface area contributed by atoms with Crippen LogP contribution < -0.4 is 19.6 Å². The van der Waals surface area contributed by atoms with Gasteiger partial charge in [-0.25, -0.2) is 0 Å². The molecule has 2 aromatic heterocycles. The maximum atomic E-state index is 10.6. The Morgan fingerprint density at radius 2 is 1.62 bits per heavy atom. The summed E-state index contributed by atoms with van der Waals surface area (Å²) in [6.45, 7) is -0.643. The van der Waals surface area contributed by atoms with Gasteiger partial charge < -0.3 is 53.3 Å². The van der Waals surface area contributed by atoms with E-state index in [0.29, 0.717) is 16.3 Å². The molecule has 0 spiro atoms. The molecule has 6 N–H and O–H groups in total. The van der Waals surface area contributed by atoms with Crippen LogP contribution in [-0.4, -0.2) is 81.9 Å². The van der Waals surface area contributed by atoms with Crippen LogP contribution in [0.1, 0.15) is 0 Å². The largest absolute Gasteiger partial charge is 0.502 e. The molecule has 3 heterocycles. The van der Waals surface area contributed by atoms with Crippen LogP contribution in [-0.2, 0) is 4.74 Å². The molecule has 0 saturated carbocycles. The van der Waals surface area contributed by atoms with Gasteiger partial charge in [0.1, 0.15) is 35.6 Å². The Kier molecular flexibility index (Phi) is 6.43. The lowest BCUT2D eigenvalue weighted by atomic mass is 9.99. The van der Waals surface area contributed by atoms with E-state index in [1.54, 1.807) is 6.07 Å². The first kappa shape index (κ1) is 24.9. The van der Waals surface area contributed by atoms with Crippen molar-refractivity contribution in [3.05, 3.63) is 42.0 Å². The molecule has 0 bridgehead atoms. The highest BCUT2D eigenvalue weighted by Crippen LogP contribution is 2.46. The number of phenolic OH excluding ortho intramolecular Hbond substituents is 1. The van der Waals surface area contributed by atoms with Gasteiger partial charge in [-0.15, -0.1) is 0 Å². The Balaban J connectivity index is 1.77. The number of aliphatic hydroxyl groups excluding tert-OH is 4. The summed E-state index contributed by atoms with van der Waals surface area (Å²) in [6, 6.07) is 7.25. The van der Waals surface area contributed by atoms with Gasteiger partial charge in [0, 0.05) is 10.9 Å². The van der Waals surface area contributed by atoms with Crippen molar-refractivity contribution in [1.29, 1.82) is 0 Å². The highest BCUT2D eigenvalue weighted by Gasteiger charge is 2.45. The minimum atomic E-state index is -1.69. The number of hydrogen-bond donors (Lipinski definition) is 5. The molecular weight excluding hydrogens is 492 g/mol. The van der Waals surface area contributed by atoms with Crippen molar-refractivity contribution in [2.45, 2.75) is 30.7 Å². The second-order valence-electron chi connectivity index (χ2n) is 8.46. The third kappa shape index (κ3) is 4.14. The topological polar surface area (TPSA) is 186 Å². The van der Waals surface area contributed by atoms with Crippen molar-refractivity contribution in [1.82, 2.24) is 0 Å². The number of benzene rings is 2. The molecule has 0 aliphatic carbocycles. The van der Waals surface area contributed by atoms with E-state index in [1.807, 2.05) is 0 Å². The molecule has 1 aliphatic heterocycles. The highest BCUT2D eigenvalue weighted by atomic mass is 16.7. The van der Waals surface area contributed by atoms with Gasteiger partial charge in [0.25, 0.3) is 0 Å². The molecular formula is C25H25O12+. The van der Waals surface area contributed by atoms with E-state index in [0.717, 1.165) is 0 Å². The predicted octanol–water partition coefficient (Wildman–Crippen LogP) is 0.752. The van der Waals surface area contributed by atoms with Gasteiger partial charge in [-0.1, -0.05) is 0 Å². The SMILES string of the molecule is COc1cc(-c2oc3cc(=[OH+])cc4occc(c2OC2OC(CO)C(O)C(O)C2O)c43)cc(OC)c1O. The molecule has 12 nitrogen and oxygen atoms in total. The smallest absolute Gasteiger partial charge is 0.347 e. The summed E-state index contributed by atoms with van der Waals surface area (Å²) in [7, 11) is 2.71. The molecule has 5 unspecified atom stereocenters. The minimum Gasteiger partial charge on any atom is -0.502 e. The number of phenols is 1. The van der Waals surface area contributed by atoms with E-state index in [-0.39, 0.29) is 45.4 Å². The molecule has 5 rings (SSSR count). The predicted molar refractivity (Wildman–Crippen MR) is 126 cm³/mol. The van der Waals surface area contributed by atoms with Crippen LogP contribution in [0.3, 0.4) is 0 Å². The second kappa shape index (κ2) is 9.57. The van der Waals surface area contributed by atoms with Crippen LogP contribution in [0.4, 0.5) is 0 Å². The number of ether oxygens (including phenoxy) is 4. The second-order valence-corrected chi connectivity index (χ2v) is 8.46. The van der Waals surface area contributed by atoms with Crippen molar-refractivity contribution >= 4 is 21.9 Å².